The first kappa shape index (κ1) is 19.9. The minimum absolute atomic E-state index is 0.265. The van der Waals surface area contributed by atoms with E-state index in [0.29, 0.717) is 21.8 Å². The van der Waals surface area contributed by atoms with Crippen LogP contribution in [0.2, 0.25) is 0 Å². The normalized spacial score (nSPS) is 11.2. The number of carbonyl (C=O) groups is 1. The van der Waals surface area contributed by atoms with Crippen molar-refractivity contribution in [1.82, 2.24) is 5.01 Å². The van der Waals surface area contributed by atoms with E-state index in [1.807, 2.05) is 0 Å². The molecule has 10 heteroatoms. The number of nitrogens with one attached hydrogen (secondary N) is 1. The van der Waals surface area contributed by atoms with Crippen LogP contribution in [0.4, 0.5) is 23.7 Å². The van der Waals surface area contributed by atoms with Crippen molar-refractivity contribution in [2.45, 2.75) is 12.8 Å². The highest BCUT2D eigenvalue weighted by Gasteiger charge is 2.35. The number of alkyl halides is 3. The van der Waals surface area contributed by atoms with Gasteiger partial charge in [-0.3, -0.25) is 5.01 Å². The van der Waals surface area contributed by atoms with Gasteiger partial charge in [-0.05, 0) is 30.3 Å². The monoisotopic (exact) mass is 433 g/mol. The highest BCUT2D eigenvalue weighted by Crippen LogP contribution is 2.39. The summed E-state index contributed by atoms with van der Waals surface area (Å²) in [5.74, 6) is 4.38. The molecule has 4 N–H and O–H groups in total. The van der Waals surface area contributed by atoms with Gasteiger partial charge >= 0.3 is 12.2 Å². The Morgan fingerprint density at radius 3 is 2.65 bits per heavy atom. The molecule has 0 heterocycles. The number of ether oxygens (including phenoxy) is 1. The Hall–Kier alpha value is -2.46. The summed E-state index contributed by atoms with van der Waals surface area (Å²) < 4.78 is 45.1. The second-order valence-corrected chi connectivity index (χ2v) is 6.13. The highest BCUT2D eigenvalue weighted by molar-refractivity contribution is 9.10. The van der Waals surface area contributed by atoms with Gasteiger partial charge in [-0.15, -0.1) is 0 Å². The number of amides is 2. The number of halogens is 4. The van der Waals surface area contributed by atoms with Gasteiger partial charge in [0.15, 0.2) is 0 Å². The number of urea groups is 1. The first-order chi connectivity index (χ1) is 12.1. The number of aromatic hydroxyl groups is 1. The van der Waals surface area contributed by atoms with Crippen LogP contribution in [0.1, 0.15) is 11.1 Å². The standard InChI is InChI=1S/C16H15BrF3N3O3/c1-23(21)15(25)22-13-4-2-3-12(17)10(13)8-26-14-6-5-9(24)7-11(14)16(18,19)20/h2-7,24H,8,21H2,1H3,(H,22,25). The van der Waals surface area contributed by atoms with Crippen molar-refractivity contribution in [3.8, 4) is 11.5 Å². The number of rotatable bonds is 4. The van der Waals surface area contributed by atoms with Crippen molar-refractivity contribution in [2.24, 2.45) is 5.84 Å². The zero-order chi connectivity index (χ0) is 19.5. The molecule has 0 aliphatic carbocycles. The van der Waals surface area contributed by atoms with E-state index in [2.05, 4.69) is 21.2 Å². The minimum atomic E-state index is -4.69. The maximum Gasteiger partial charge on any atom is 0.420 e. The van der Waals surface area contributed by atoms with E-state index in [-0.39, 0.29) is 6.61 Å². The summed E-state index contributed by atoms with van der Waals surface area (Å²) in [5.41, 5.74) is -0.352. The molecule has 2 aromatic carbocycles. The lowest BCUT2D eigenvalue weighted by Crippen LogP contribution is -2.37. The van der Waals surface area contributed by atoms with Crippen LogP contribution in [0.15, 0.2) is 40.9 Å². The van der Waals surface area contributed by atoms with Crippen LogP contribution in [-0.2, 0) is 12.8 Å². The third-order valence-electron chi connectivity index (χ3n) is 3.32. The van der Waals surface area contributed by atoms with E-state index in [0.717, 1.165) is 17.1 Å². The van der Waals surface area contributed by atoms with Gasteiger partial charge in [0.25, 0.3) is 0 Å². The average Bonchev–Trinajstić information content (AvgIpc) is 2.54. The smallest absolute Gasteiger partial charge is 0.420 e. The first-order valence-electron chi connectivity index (χ1n) is 7.19. The summed E-state index contributed by atoms with van der Waals surface area (Å²) in [6, 6.07) is 6.96. The predicted molar refractivity (Wildman–Crippen MR) is 92.6 cm³/mol. The van der Waals surface area contributed by atoms with Gasteiger partial charge in [0, 0.05) is 17.1 Å². The Morgan fingerprint density at radius 2 is 2.04 bits per heavy atom. The van der Waals surface area contributed by atoms with Crippen LogP contribution in [0.5, 0.6) is 11.5 Å². The van der Waals surface area contributed by atoms with E-state index >= 15 is 0 Å². The predicted octanol–water partition coefficient (Wildman–Crippen LogP) is 4.09. The fourth-order valence-electron chi connectivity index (χ4n) is 2.04. The largest absolute Gasteiger partial charge is 0.508 e. The van der Waals surface area contributed by atoms with Crippen LogP contribution in [-0.4, -0.2) is 23.2 Å². The lowest BCUT2D eigenvalue weighted by Gasteiger charge is -2.18. The molecule has 0 saturated carbocycles. The molecular formula is C16H15BrF3N3O3. The van der Waals surface area contributed by atoms with Gasteiger partial charge in [-0.25, -0.2) is 10.6 Å². The van der Waals surface area contributed by atoms with E-state index in [4.69, 9.17) is 10.6 Å². The van der Waals surface area contributed by atoms with Crippen molar-refractivity contribution >= 4 is 27.6 Å². The SMILES string of the molecule is CN(N)C(=O)Nc1cccc(Br)c1COc1ccc(O)cc1C(F)(F)F. The summed E-state index contributed by atoms with van der Waals surface area (Å²) >= 11 is 3.28. The summed E-state index contributed by atoms with van der Waals surface area (Å²) in [6.07, 6.45) is -4.69. The molecule has 0 saturated heterocycles. The molecule has 0 bridgehead atoms. The number of hydrogen-bond acceptors (Lipinski definition) is 4. The fraction of sp³-hybridized carbons (Fsp3) is 0.188. The topological polar surface area (TPSA) is 87.8 Å². The third-order valence-corrected chi connectivity index (χ3v) is 4.06. The lowest BCUT2D eigenvalue weighted by atomic mass is 10.1. The van der Waals surface area contributed by atoms with Crippen molar-refractivity contribution < 1.29 is 27.8 Å². The number of hydrazine groups is 1. The molecule has 2 aromatic rings. The zero-order valence-electron chi connectivity index (χ0n) is 13.5. The number of nitrogens with two attached hydrogens (primary N) is 1. The van der Waals surface area contributed by atoms with Gasteiger partial charge < -0.3 is 15.2 Å². The van der Waals surface area contributed by atoms with Gasteiger partial charge in [-0.1, -0.05) is 22.0 Å². The Morgan fingerprint density at radius 1 is 1.35 bits per heavy atom. The van der Waals surface area contributed by atoms with Crippen LogP contribution < -0.4 is 15.9 Å². The first-order valence-corrected chi connectivity index (χ1v) is 7.98. The Bertz CT molecular complexity index is 813. The lowest BCUT2D eigenvalue weighted by molar-refractivity contribution is -0.139. The maximum atomic E-state index is 13.1. The molecule has 26 heavy (non-hydrogen) atoms. The fourth-order valence-corrected chi connectivity index (χ4v) is 2.52. The molecule has 2 rings (SSSR count). The van der Waals surface area contributed by atoms with Crippen LogP contribution >= 0.6 is 15.9 Å². The Labute approximate surface area is 155 Å². The number of hydrogen-bond donors (Lipinski definition) is 3. The zero-order valence-corrected chi connectivity index (χ0v) is 15.1. The number of phenols is 1. The van der Waals surface area contributed by atoms with Gasteiger partial charge in [0.2, 0.25) is 0 Å². The summed E-state index contributed by atoms with van der Waals surface area (Å²) in [4.78, 5) is 11.7. The molecule has 0 fully saturated rings. The molecule has 0 aliphatic heterocycles. The molecule has 2 amide bonds. The summed E-state index contributed by atoms with van der Waals surface area (Å²) in [7, 11) is 1.34. The van der Waals surface area contributed by atoms with Crippen molar-refractivity contribution in [3.63, 3.8) is 0 Å². The molecule has 6 nitrogen and oxygen atoms in total. The van der Waals surface area contributed by atoms with Crippen LogP contribution in [0.3, 0.4) is 0 Å². The Balaban J connectivity index is 2.29. The average molecular weight is 434 g/mol. The second-order valence-electron chi connectivity index (χ2n) is 5.27. The molecule has 0 aliphatic rings. The number of benzene rings is 2. The molecule has 0 aromatic heterocycles. The highest BCUT2D eigenvalue weighted by atomic mass is 79.9. The van der Waals surface area contributed by atoms with Crippen molar-refractivity contribution in [1.29, 1.82) is 0 Å². The third kappa shape index (κ3) is 4.79. The number of phenolic OH excluding ortho intramolecular Hbond substituents is 1. The molecule has 0 atom stereocenters. The van der Waals surface area contributed by atoms with Gasteiger partial charge in [0.05, 0.1) is 5.69 Å². The summed E-state index contributed by atoms with van der Waals surface area (Å²) in [5, 5.41) is 12.7. The van der Waals surface area contributed by atoms with Gasteiger partial charge in [0.1, 0.15) is 23.7 Å². The van der Waals surface area contributed by atoms with E-state index in [1.165, 1.54) is 7.05 Å². The minimum Gasteiger partial charge on any atom is -0.508 e. The van der Waals surface area contributed by atoms with Crippen LogP contribution in [0, 0.1) is 0 Å². The van der Waals surface area contributed by atoms with E-state index in [1.54, 1.807) is 18.2 Å². The quantitative estimate of drug-likeness (QED) is 0.385. The van der Waals surface area contributed by atoms with E-state index < -0.39 is 29.3 Å². The molecule has 0 spiro atoms. The number of carbonyl (C=O) groups excluding carboxylic acids is 1. The van der Waals surface area contributed by atoms with Crippen molar-refractivity contribution in [3.05, 3.63) is 52.0 Å². The number of anilines is 1. The van der Waals surface area contributed by atoms with Crippen molar-refractivity contribution in [2.75, 3.05) is 12.4 Å². The van der Waals surface area contributed by atoms with Crippen LogP contribution in [0.25, 0.3) is 0 Å². The molecule has 0 radical (unpaired) electrons. The Kier molecular flexibility index (Phi) is 5.98. The summed E-state index contributed by atoms with van der Waals surface area (Å²) in [6.45, 7) is -0.265. The second kappa shape index (κ2) is 7.83. The molecule has 0 unspecified atom stereocenters. The molecule has 140 valence electrons. The van der Waals surface area contributed by atoms with E-state index in [9.17, 15) is 23.1 Å². The number of nitrogens with zero attached hydrogens (tertiary/aromatic N) is 1. The molecular weight excluding hydrogens is 419 g/mol. The maximum absolute atomic E-state index is 13.1. The van der Waals surface area contributed by atoms with Gasteiger partial charge in [-0.2, -0.15) is 13.2 Å².